The van der Waals surface area contributed by atoms with Gasteiger partial charge in [0, 0.05) is 17.3 Å². The Balaban J connectivity index is 3.27. The molecule has 1 heterocycles. The molecule has 0 aliphatic rings. The maximum Gasteiger partial charge on any atom is 0.265 e. The van der Waals surface area contributed by atoms with E-state index in [4.69, 9.17) is 10.00 Å². The summed E-state index contributed by atoms with van der Waals surface area (Å²) in [4.78, 5) is 3.79. The molecule has 3 nitrogen and oxygen atoms in total. The molecule has 0 radical (unpaired) electrons. The topological polar surface area (TPSA) is 45.9 Å². The van der Waals surface area contributed by atoms with E-state index in [2.05, 4.69) is 4.98 Å². The molecule has 1 rings (SSSR count). The second-order valence-electron chi connectivity index (χ2n) is 2.95. The third kappa shape index (κ3) is 2.21. The number of hydrogen-bond acceptors (Lipinski definition) is 3. The van der Waals surface area contributed by atoms with Crippen LogP contribution in [0.15, 0.2) is 6.20 Å². The number of nitriles is 1. The van der Waals surface area contributed by atoms with E-state index in [1.807, 2.05) is 6.07 Å². The van der Waals surface area contributed by atoms with Gasteiger partial charge in [-0.15, -0.1) is 0 Å². The molecule has 15 heavy (non-hydrogen) atoms. The highest BCUT2D eigenvalue weighted by Crippen LogP contribution is 2.30. The maximum absolute atomic E-state index is 12.5. The largest absolute Gasteiger partial charge is 0.495 e. The second-order valence-corrected chi connectivity index (χ2v) is 2.95. The maximum atomic E-state index is 12.5. The molecule has 0 bridgehead atoms. The van der Waals surface area contributed by atoms with E-state index >= 15 is 0 Å². The molecule has 5 heteroatoms. The van der Waals surface area contributed by atoms with Gasteiger partial charge in [0.05, 0.1) is 25.3 Å². The van der Waals surface area contributed by atoms with E-state index < -0.39 is 6.43 Å². The molecule has 80 valence electrons. The van der Waals surface area contributed by atoms with Crippen LogP contribution in [-0.4, -0.2) is 12.1 Å². The molecule has 0 saturated heterocycles. The SMILES string of the molecule is COc1c(CC#N)ncc(C(F)F)c1C. The zero-order valence-corrected chi connectivity index (χ0v) is 8.42. The summed E-state index contributed by atoms with van der Waals surface area (Å²) in [6.45, 7) is 1.53. The van der Waals surface area contributed by atoms with Gasteiger partial charge in [-0.3, -0.25) is 4.98 Å². The highest BCUT2D eigenvalue weighted by atomic mass is 19.3. The van der Waals surface area contributed by atoms with Gasteiger partial charge >= 0.3 is 0 Å². The minimum absolute atomic E-state index is 0.0491. The summed E-state index contributed by atoms with van der Waals surface area (Å²) in [5.74, 6) is 0.273. The third-order valence-electron chi connectivity index (χ3n) is 2.08. The number of halogens is 2. The van der Waals surface area contributed by atoms with Gasteiger partial charge in [0.2, 0.25) is 0 Å². The van der Waals surface area contributed by atoms with Gasteiger partial charge in [0.1, 0.15) is 5.75 Å². The number of nitrogens with zero attached hydrogens (tertiary/aromatic N) is 2. The monoisotopic (exact) mass is 212 g/mol. The predicted octanol–water partition coefficient (Wildman–Crippen LogP) is 2.40. The van der Waals surface area contributed by atoms with Crippen molar-refractivity contribution in [2.75, 3.05) is 7.11 Å². The fraction of sp³-hybridized carbons (Fsp3) is 0.400. The van der Waals surface area contributed by atoms with Crippen LogP contribution >= 0.6 is 0 Å². The van der Waals surface area contributed by atoms with E-state index in [0.717, 1.165) is 6.20 Å². The van der Waals surface area contributed by atoms with Crippen molar-refractivity contribution in [1.82, 2.24) is 4.98 Å². The fourth-order valence-corrected chi connectivity index (χ4v) is 1.34. The first kappa shape index (κ1) is 11.4. The van der Waals surface area contributed by atoms with Crippen LogP contribution in [0, 0.1) is 18.3 Å². The molecule has 0 N–H and O–H groups in total. The minimum atomic E-state index is -2.58. The van der Waals surface area contributed by atoms with Crippen molar-refractivity contribution in [1.29, 1.82) is 5.26 Å². The van der Waals surface area contributed by atoms with Crippen molar-refractivity contribution < 1.29 is 13.5 Å². The zero-order valence-electron chi connectivity index (χ0n) is 8.42. The summed E-state index contributed by atoms with van der Waals surface area (Å²) in [7, 11) is 1.38. The standard InChI is InChI=1S/C10H10F2N2O/c1-6-7(10(11)12)5-14-8(3-4-13)9(6)15-2/h5,10H,3H2,1-2H3. The number of methoxy groups -OCH3 is 1. The van der Waals surface area contributed by atoms with Crippen LogP contribution < -0.4 is 4.74 Å². The number of alkyl halides is 2. The number of aromatic nitrogens is 1. The molecule has 0 aliphatic carbocycles. The zero-order chi connectivity index (χ0) is 11.4. The third-order valence-corrected chi connectivity index (χ3v) is 2.08. The van der Waals surface area contributed by atoms with Crippen molar-refractivity contribution in [3.63, 3.8) is 0 Å². The normalized spacial score (nSPS) is 10.1. The molecule has 0 amide bonds. The van der Waals surface area contributed by atoms with Gasteiger partial charge in [0.15, 0.2) is 0 Å². The lowest BCUT2D eigenvalue weighted by atomic mass is 10.1. The molecule has 0 saturated carbocycles. The summed E-state index contributed by atoms with van der Waals surface area (Å²) in [5, 5.41) is 8.52. The molecule has 0 unspecified atom stereocenters. The van der Waals surface area contributed by atoms with E-state index in [9.17, 15) is 8.78 Å². The van der Waals surface area contributed by atoms with Gasteiger partial charge in [-0.2, -0.15) is 5.26 Å². The van der Waals surface area contributed by atoms with Gasteiger partial charge in [-0.05, 0) is 6.92 Å². The van der Waals surface area contributed by atoms with Gasteiger partial charge < -0.3 is 4.74 Å². The van der Waals surface area contributed by atoms with Crippen molar-refractivity contribution >= 4 is 0 Å². The summed E-state index contributed by atoms with van der Waals surface area (Å²) < 4.78 is 30.0. The first-order chi connectivity index (χ1) is 7.11. The van der Waals surface area contributed by atoms with E-state index in [1.165, 1.54) is 14.0 Å². The van der Waals surface area contributed by atoms with Crippen LogP contribution in [0.5, 0.6) is 5.75 Å². The highest BCUT2D eigenvalue weighted by Gasteiger charge is 2.17. The van der Waals surface area contributed by atoms with Crippen molar-refractivity contribution in [3.05, 3.63) is 23.0 Å². The lowest BCUT2D eigenvalue weighted by molar-refractivity contribution is 0.149. The van der Waals surface area contributed by atoms with Gasteiger partial charge in [-0.1, -0.05) is 0 Å². The van der Waals surface area contributed by atoms with E-state index in [1.54, 1.807) is 0 Å². The lowest BCUT2D eigenvalue weighted by Gasteiger charge is -2.12. The van der Waals surface area contributed by atoms with E-state index in [-0.39, 0.29) is 17.7 Å². The molecule has 0 atom stereocenters. The Labute approximate surface area is 86.3 Å². The second kappa shape index (κ2) is 4.69. The highest BCUT2D eigenvalue weighted by molar-refractivity contribution is 5.42. The quantitative estimate of drug-likeness (QED) is 0.772. The Morgan fingerprint density at radius 1 is 1.60 bits per heavy atom. The molecule has 1 aromatic rings. The Bertz CT molecular complexity index is 399. The lowest BCUT2D eigenvalue weighted by Crippen LogP contribution is -2.01. The van der Waals surface area contributed by atoms with Crippen LogP contribution in [-0.2, 0) is 6.42 Å². The van der Waals surface area contributed by atoms with Gasteiger partial charge in [-0.25, -0.2) is 8.78 Å². The Hall–Kier alpha value is -1.70. The molecule has 0 fully saturated rings. The summed E-state index contributed by atoms with van der Waals surface area (Å²) in [6.07, 6.45) is -1.44. The van der Waals surface area contributed by atoms with Crippen LogP contribution in [0.4, 0.5) is 8.78 Å². The van der Waals surface area contributed by atoms with Gasteiger partial charge in [0.25, 0.3) is 6.43 Å². The Kier molecular flexibility index (Phi) is 3.56. The van der Waals surface area contributed by atoms with Crippen LogP contribution in [0.25, 0.3) is 0 Å². The smallest absolute Gasteiger partial charge is 0.265 e. The molecule has 0 aromatic carbocycles. The molecule has 0 aliphatic heterocycles. The van der Waals surface area contributed by atoms with Crippen LogP contribution in [0.1, 0.15) is 23.2 Å². The van der Waals surface area contributed by atoms with Crippen molar-refractivity contribution in [3.8, 4) is 11.8 Å². The van der Waals surface area contributed by atoms with Crippen LogP contribution in [0.2, 0.25) is 0 Å². The average Bonchev–Trinajstić information content (AvgIpc) is 2.18. The number of rotatable bonds is 3. The average molecular weight is 212 g/mol. The summed E-state index contributed by atoms with van der Waals surface area (Å²) >= 11 is 0. The van der Waals surface area contributed by atoms with Crippen LogP contribution in [0.3, 0.4) is 0 Å². The summed E-state index contributed by atoms with van der Waals surface area (Å²) in [6, 6.07) is 1.90. The first-order valence-electron chi connectivity index (χ1n) is 4.29. The molecular formula is C10H10F2N2O. The van der Waals surface area contributed by atoms with E-state index in [0.29, 0.717) is 11.3 Å². The summed E-state index contributed by atoms with van der Waals surface area (Å²) in [5.41, 5.74) is 0.572. The molecule has 0 spiro atoms. The predicted molar refractivity (Wildman–Crippen MR) is 49.8 cm³/mol. The number of ether oxygens (including phenoxy) is 1. The van der Waals surface area contributed by atoms with Crippen molar-refractivity contribution in [2.24, 2.45) is 0 Å². The Morgan fingerprint density at radius 2 is 2.27 bits per heavy atom. The van der Waals surface area contributed by atoms with Crippen molar-refractivity contribution in [2.45, 2.75) is 19.8 Å². The minimum Gasteiger partial charge on any atom is -0.495 e. The number of hydrogen-bond donors (Lipinski definition) is 0. The first-order valence-corrected chi connectivity index (χ1v) is 4.29. The number of pyridine rings is 1. The molecule has 1 aromatic heterocycles. The molecular weight excluding hydrogens is 202 g/mol. The fourth-order valence-electron chi connectivity index (χ4n) is 1.34. The Morgan fingerprint density at radius 3 is 2.73 bits per heavy atom.